The predicted octanol–water partition coefficient (Wildman–Crippen LogP) is 37.3. The first kappa shape index (κ1) is 78.3. The van der Waals surface area contributed by atoms with E-state index in [1.165, 1.54) is 131 Å². The van der Waals surface area contributed by atoms with Crippen molar-refractivity contribution in [3.8, 4) is 0 Å². The van der Waals surface area contributed by atoms with Crippen LogP contribution in [0.15, 0.2) is 78.9 Å². The van der Waals surface area contributed by atoms with Crippen molar-refractivity contribution in [2.45, 2.75) is 270 Å². The van der Waals surface area contributed by atoms with Crippen LogP contribution in [0.3, 0.4) is 0 Å². The van der Waals surface area contributed by atoms with Gasteiger partial charge in [0.2, 0.25) is 0 Å². The lowest BCUT2D eigenvalue weighted by Gasteiger charge is -2.06. The highest BCUT2D eigenvalue weighted by Gasteiger charge is 2.42. The molecular formula is C103H128S8+8. The number of hydrogen-bond donors (Lipinski definition) is 0. The minimum atomic E-state index is -0.0509. The molecule has 0 amide bonds. The third-order valence-electron chi connectivity index (χ3n) is 28.7. The normalized spacial score (nSPS) is 16.5. The Morgan fingerprint density at radius 2 is 0.306 bits per heavy atom. The molecule has 580 valence electrons. The molecule has 17 aromatic rings. The van der Waals surface area contributed by atoms with E-state index in [-0.39, 0.29) is 83.8 Å². The Bertz CT molecular complexity index is 6310. The van der Waals surface area contributed by atoms with Gasteiger partial charge in [0.15, 0.2) is 75.2 Å². The Hall–Kier alpha value is -5.26. The lowest BCUT2D eigenvalue weighted by Crippen LogP contribution is -1.93. The first-order valence-electron chi connectivity index (χ1n) is 43.4. The highest BCUT2D eigenvalue weighted by molar-refractivity contribution is 7.48. The van der Waals surface area contributed by atoms with Crippen LogP contribution in [0.4, 0.5) is 0 Å². The van der Waals surface area contributed by atoms with E-state index in [2.05, 4.69) is 252 Å². The summed E-state index contributed by atoms with van der Waals surface area (Å²) in [7, 11) is -0.0864. The molecule has 111 heavy (non-hydrogen) atoms. The van der Waals surface area contributed by atoms with Crippen molar-refractivity contribution in [1.82, 2.24) is 0 Å². The van der Waals surface area contributed by atoms with Gasteiger partial charge in [0, 0.05) is 103 Å². The van der Waals surface area contributed by atoms with Crippen LogP contribution >= 0.6 is 83.8 Å². The summed E-state index contributed by atoms with van der Waals surface area (Å²) in [5.74, 6) is 15.0. The molecule has 0 bridgehead atoms. The first-order chi connectivity index (χ1) is 53.2. The van der Waals surface area contributed by atoms with Gasteiger partial charge >= 0.3 is 0 Å². The second-order valence-corrected chi connectivity index (χ2v) is 52.3. The number of fused-ring (bicyclic) bond motifs is 24. The molecule has 8 unspecified atom stereocenters. The van der Waals surface area contributed by atoms with Gasteiger partial charge in [-0.25, -0.2) is 0 Å². The summed E-state index contributed by atoms with van der Waals surface area (Å²) in [5, 5.41) is 25.1. The van der Waals surface area contributed by atoms with Gasteiger partial charge in [-0.3, -0.25) is 0 Å². The van der Waals surface area contributed by atoms with E-state index >= 15 is 0 Å². The quantitative estimate of drug-likeness (QED) is 0.0529. The van der Waals surface area contributed by atoms with Gasteiger partial charge in [-0.1, -0.05) is 111 Å². The number of hydrogen-bond acceptors (Lipinski definition) is 0. The van der Waals surface area contributed by atoms with Crippen molar-refractivity contribution in [1.29, 1.82) is 0 Å². The third-order valence-corrected chi connectivity index (χ3v) is 49.7. The monoisotopic (exact) mass is 1620 g/mol. The van der Waals surface area contributed by atoms with E-state index < -0.39 is 0 Å². The fourth-order valence-electron chi connectivity index (χ4n) is 19.6. The maximum absolute atomic E-state index is 2.91. The number of aryl methyl sites for hydroxylation is 7. The minimum absolute atomic E-state index is 0.0102. The first-order valence-corrected chi connectivity index (χ1v) is 54.5. The molecule has 0 saturated heterocycles. The molecule has 0 aliphatic heterocycles. The number of thiophene rings is 8. The van der Waals surface area contributed by atoms with Crippen LogP contribution in [0.1, 0.15) is 212 Å². The SMILES string of the molecule is CC[C@H](C)C[s+]1c2cc3c(cc2c2c(C)c(C)c(C)cc21)c1c(C)c2c4cc5c6c(C)c7c8cc9c%10c(C)c%11c%12cc%13c%14c(C)c(C)c(C)cc%14[s+](C[C@@H](C)CC)c%13cc%12[s+](C[C@@H](C)CC)c%11cc%10[s+](C[C@@H](C)CC)c9cc8[s+](C[C@@H](C)CC)c7cc6[s+](C[C@@H](C)CC)c5cc4[s+](C[C@@H](C)CC)c2cc1[s+]3C[C@@H](C)CC. The van der Waals surface area contributed by atoms with Crippen molar-refractivity contribution in [3.05, 3.63) is 129 Å². The molecule has 0 nitrogen and oxygen atoms in total. The van der Waals surface area contributed by atoms with Crippen LogP contribution in [0.2, 0.25) is 0 Å². The summed E-state index contributed by atoms with van der Waals surface area (Å²) in [6.07, 6.45) is 9.73. The fourth-order valence-corrected chi connectivity index (χ4v) is 43.1. The summed E-state index contributed by atoms with van der Waals surface area (Å²) in [5.41, 5.74) is 13.5. The molecule has 0 radical (unpaired) electrons. The summed E-state index contributed by atoms with van der Waals surface area (Å²) < 4.78 is 26.5. The molecule has 0 spiro atoms. The van der Waals surface area contributed by atoms with Gasteiger partial charge in [0.05, 0.1) is 85.6 Å². The van der Waals surface area contributed by atoms with E-state index in [0.29, 0.717) is 47.3 Å². The van der Waals surface area contributed by atoms with Crippen LogP contribution < -0.4 is 0 Å². The van der Waals surface area contributed by atoms with E-state index in [1.54, 1.807) is 178 Å². The molecule has 17 rings (SSSR count). The van der Waals surface area contributed by atoms with E-state index in [9.17, 15) is 0 Å². The Balaban J connectivity index is 0.987. The van der Waals surface area contributed by atoms with Gasteiger partial charge in [0.1, 0.15) is 46.0 Å². The molecule has 8 heteroatoms. The summed E-state index contributed by atoms with van der Waals surface area (Å²) in [6.45, 7) is 62.2. The Morgan fingerprint density at radius 3 is 0.459 bits per heavy atom. The molecule has 0 aliphatic carbocycles. The second kappa shape index (κ2) is 29.7. The van der Waals surface area contributed by atoms with Crippen LogP contribution in [0.25, 0.3) is 161 Å². The largest absolute Gasteiger partial charge is 0.187 e. The average Bonchev–Trinajstić information content (AvgIpc) is 1.52. The maximum Gasteiger partial charge on any atom is 0.187 e. The van der Waals surface area contributed by atoms with Gasteiger partial charge in [-0.05, 0) is 272 Å². The smallest absolute Gasteiger partial charge is 0.0649 e. The zero-order chi connectivity index (χ0) is 78.4. The summed E-state index contributed by atoms with van der Waals surface area (Å²) in [6, 6.07) is 36.7. The van der Waals surface area contributed by atoms with Gasteiger partial charge in [-0.2, -0.15) is 0 Å². The predicted molar refractivity (Wildman–Crippen MR) is 525 cm³/mol. The zero-order valence-electron chi connectivity index (χ0n) is 72.2. The van der Waals surface area contributed by atoms with Gasteiger partial charge in [-0.15, -0.1) is 0 Å². The van der Waals surface area contributed by atoms with Crippen molar-refractivity contribution < 1.29 is 0 Å². The summed E-state index contributed by atoms with van der Waals surface area (Å²) >= 11 is 0. The van der Waals surface area contributed by atoms with E-state index in [4.69, 9.17) is 0 Å². The molecule has 0 saturated carbocycles. The van der Waals surface area contributed by atoms with Crippen LogP contribution in [0, 0.1) is 110 Å². The Morgan fingerprint density at radius 1 is 0.171 bits per heavy atom. The van der Waals surface area contributed by atoms with E-state index in [1.807, 2.05) is 0 Å². The fraction of sp³-hybridized carbons (Fsp3) is 0.476. The molecule has 0 N–H and O–H groups in total. The third kappa shape index (κ3) is 12.1. The van der Waals surface area contributed by atoms with Crippen molar-refractivity contribution in [3.63, 3.8) is 0 Å². The molecular weight excluding hydrogens is 1490 g/mol. The Labute approximate surface area is 685 Å². The number of rotatable bonds is 24. The molecule has 8 aromatic heterocycles. The Kier molecular flexibility index (Phi) is 21.0. The van der Waals surface area contributed by atoms with E-state index in [0.717, 1.165) is 0 Å². The van der Waals surface area contributed by atoms with Gasteiger partial charge < -0.3 is 0 Å². The van der Waals surface area contributed by atoms with Gasteiger partial charge in [0.25, 0.3) is 0 Å². The average molecular weight is 1620 g/mol. The van der Waals surface area contributed by atoms with Crippen molar-refractivity contribution in [2.24, 2.45) is 47.3 Å². The highest BCUT2D eigenvalue weighted by Crippen LogP contribution is 2.63. The minimum Gasteiger partial charge on any atom is -0.0649 e. The van der Waals surface area contributed by atoms with Crippen molar-refractivity contribution >= 4 is 245 Å². The topological polar surface area (TPSA) is 0 Å². The highest BCUT2D eigenvalue weighted by atomic mass is 32.2. The number of benzene rings is 9. The molecule has 8 heterocycles. The van der Waals surface area contributed by atoms with Crippen LogP contribution in [-0.4, -0.2) is 0 Å². The lowest BCUT2D eigenvalue weighted by atomic mass is 9.96. The molecule has 9 aromatic carbocycles. The van der Waals surface area contributed by atoms with Crippen LogP contribution in [-0.2, 0) is 46.0 Å². The summed E-state index contributed by atoms with van der Waals surface area (Å²) in [4.78, 5) is 0. The second-order valence-electron chi connectivity index (χ2n) is 36.3. The molecule has 0 aliphatic rings. The zero-order valence-corrected chi connectivity index (χ0v) is 78.7. The maximum atomic E-state index is 2.91. The van der Waals surface area contributed by atoms with Crippen molar-refractivity contribution in [2.75, 3.05) is 0 Å². The van der Waals surface area contributed by atoms with Crippen LogP contribution in [0.5, 0.6) is 0 Å². The standard InChI is InChI=1S/C103H128S8/c1-26-55(9)47-104-80-40-82-74(36-72(80)96-67(21)65(19)63(17)34-88(96)104)98-69(23)100-76-38-78-86(42-84(76)108(51-59(13)30-5)92(100)44-90(98)106(82)49-57(11)28-3)110(53-61(15)32-7)94-46-95-103(71(25)102(78)94)79-39-77-85(43-87(79)111(95)54-62(16)33-8)109(52-60(14)31-6)93-45-91-99(70(24)101(77)93)75-37-73-81(41-83(75)107(91)50-58(12)29-4)105(48-56(10)27-2)89-35-64(18)66(20)68(22)97(73)89/h34-46,55-62H,26-33,47-54H2,1-25H3/q+8/t55-,56-,57-,58-,59-,60-,61-,62-,104?,105?,106?,107?,108?,109?,110?,111?/m0/s1. The lowest BCUT2D eigenvalue weighted by molar-refractivity contribution is 0.600. The molecule has 0 fully saturated rings. The molecule has 16 atom stereocenters.